The molecule has 0 spiro atoms. The van der Waals surface area contributed by atoms with Gasteiger partial charge in [0.15, 0.2) is 5.76 Å². The number of hydrogen-bond acceptors (Lipinski definition) is 2. The van der Waals surface area contributed by atoms with Gasteiger partial charge < -0.3 is 4.42 Å². The summed E-state index contributed by atoms with van der Waals surface area (Å²) in [4.78, 5) is 13.2. The Labute approximate surface area is 159 Å². The highest BCUT2D eigenvalue weighted by atomic mass is 31.2. The van der Waals surface area contributed by atoms with Gasteiger partial charge in [-0.15, -0.1) is 0 Å². The van der Waals surface area contributed by atoms with Crippen LogP contribution >= 0.6 is 7.26 Å². The van der Waals surface area contributed by atoms with Crippen molar-refractivity contribution in [3.8, 4) is 0 Å². The van der Waals surface area contributed by atoms with Gasteiger partial charge >= 0.3 is 0 Å². The van der Waals surface area contributed by atoms with Gasteiger partial charge in [0.1, 0.15) is 29.3 Å². The van der Waals surface area contributed by atoms with Crippen LogP contribution in [0.1, 0.15) is 10.6 Å². The molecular formula is C24H20O2P+. The molecule has 1 heterocycles. The molecule has 0 atom stereocenters. The number of carbonyl (C=O) groups excluding carboxylic acids is 1. The van der Waals surface area contributed by atoms with Crippen LogP contribution in [0.25, 0.3) is 0 Å². The Morgan fingerprint density at radius 3 is 1.44 bits per heavy atom. The molecule has 1 aromatic heterocycles. The normalized spacial score (nSPS) is 11.3. The van der Waals surface area contributed by atoms with Crippen molar-refractivity contribution in [2.75, 3.05) is 6.16 Å². The van der Waals surface area contributed by atoms with Crippen LogP contribution in [-0.4, -0.2) is 11.9 Å². The van der Waals surface area contributed by atoms with Crippen LogP contribution in [-0.2, 0) is 0 Å². The zero-order chi connectivity index (χ0) is 18.5. The molecule has 0 aliphatic carbocycles. The van der Waals surface area contributed by atoms with E-state index in [9.17, 15) is 4.79 Å². The van der Waals surface area contributed by atoms with Crippen molar-refractivity contribution >= 4 is 29.0 Å². The Hall–Kier alpha value is -2.96. The van der Waals surface area contributed by atoms with Gasteiger partial charge in [-0.1, -0.05) is 54.6 Å². The van der Waals surface area contributed by atoms with Crippen LogP contribution in [0.2, 0.25) is 0 Å². The minimum absolute atomic E-state index is 0.0323. The molecule has 0 unspecified atom stereocenters. The largest absolute Gasteiger partial charge is 0.461 e. The molecule has 132 valence electrons. The fraction of sp³-hybridized carbons (Fsp3) is 0.0417. The first kappa shape index (κ1) is 17.5. The first-order chi connectivity index (χ1) is 13.3. The number of hydrogen-bond donors (Lipinski definition) is 0. The van der Waals surface area contributed by atoms with Gasteiger partial charge in [0, 0.05) is 0 Å². The van der Waals surface area contributed by atoms with Crippen LogP contribution in [0.4, 0.5) is 0 Å². The zero-order valence-electron chi connectivity index (χ0n) is 14.9. The van der Waals surface area contributed by atoms with Crippen molar-refractivity contribution in [2.45, 2.75) is 0 Å². The van der Waals surface area contributed by atoms with E-state index in [1.807, 2.05) is 54.6 Å². The third kappa shape index (κ3) is 3.37. The molecule has 0 amide bonds. The van der Waals surface area contributed by atoms with Crippen molar-refractivity contribution in [1.82, 2.24) is 0 Å². The summed E-state index contributed by atoms with van der Waals surface area (Å²) in [7, 11) is -2.16. The molecule has 0 aliphatic heterocycles. The molecule has 0 bridgehead atoms. The highest BCUT2D eigenvalue weighted by Gasteiger charge is 2.47. The van der Waals surface area contributed by atoms with E-state index in [1.54, 1.807) is 18.4 Å². The smallest absolute Gasteiger partial charge is 0.236 e. The zero-order valence-corrected chi connectivity index (χ0v) is 15.8. The van der Waals surface area contributed by atoms with Crippen LogP contribution in [0.3, 0.4) is 0 Å². The Morgan fingerprint density at radius 1 is 0.630 bits per heavy atom. The van der Waals surface area contributed by atoms with E-state index in [4.69, 9.17) is 4.42 Å². The van der Waals surface area contributed by atoms with Gasteiger partial charge in [0.05, 0.1) is 6.26 Å². The second-order valence-electron chi connectivity index (χ2n) is 6.37. The van der Waals surface area contributed by atoms with Gasteiger partial charge in [-0.3, -0.25) is 4.79 Å². The second-order valence-corrected chi connectivity index (χ2v) is 9.86. The predicted octanol–water partition coefficient (Wildman–Crippen LogP) is 4.46. The number of benzene rings is 3. The van der Waals surface area contributed by atoms with E-state index in [0.717, 1.165) is 0 Å². The van der Waals surface area contributed by atoms with Crippen LogP contribution < -0.4 is 15.9 Å². The summed E-state index contributed by atoms with van der Waals surface area (Å²) in [5.74, 6) is 0.451. The first-order valence-electron chi connectivity index (χ1n) is 8.92. The van der Waals surface area contributed by atoms with Gasteiger partial charge in [0.2, 0.25) is 5.78 Å². The highest BCUT2D eigenvalue weighted by molar-refractivity contribution is 7.96. The molecule has 0 saturated carbocycles. The van der Waals surface area contributed by atoms with Crippen molar-refractivity contribution in [2.24, 2.45) is 0 Å². The van der Waals surface area contributed by atoms with Gasteiger partial charge in [0.25, 0.3) is 0 Å². The lowest BCUT2D eigenvalue weighted by atomic mass is 10.3. The average molecular weight is 371 g/mol. The number of ketones is 1. The Morgan fingerprint density at radius 2 is 1.07 bits per heavy atom. The predicted molar refractivity (Wildman–Crippen MR) is 113 cm³/mol. The van der Waals surface area contributed by atoms with E-state index in [-0.39, 0.29) is 5.78 Å². The summed E-state index contributed by atoms with van der Waals surface area (Å²) in [6, 6.07) is 34.7. The van der Waals surface area contributed by atoms with E-state index in [2.05, 4.69) is 36.4 Å². The van der Waals surface area contributed by atoms with Gasteiger partial charge in [-0.2, -0.15) is 0 Å². The molecular weight excluding hydrogens is 351 g/mol. The Balaban J connectivity index is 1.96. The molecule has 3 aromatic carbocycles. The third-order valence-corrected chi connectivity index (χ3v) is 9.07. The monoisotopic (exact) mass is 371 g/mol. The lowest BCUT2D eigenvalue weighted by Crippen LogP contribution is -2.35. The Bertz CT molecular complexity index is 898. The van der Waals surface area contributed by atoms with Crippen molar-refractivity contribution in [3.63, 3.8) is 0 Å². The second kappa shape index (κ2) is 7.73. The number of furan rings is 1. The van der Waals surface area contributed by atoms with Crippen molar-refractivity contribution in [1.29, 1.82) is 0 Å². The maximum Gasteiger partial charge on any atom is 0.236 e. The lowest BCUT2D eigenvalue weighted by Gasteiger charge is -2.26. The topological polar surface area (TPSA) is 30.2 Å². The number of rotatable bonds is 6. The summed E-state index contributed by atoms with van der Waals surface area (Å²) in [5, 5.41) is 3.59. The third-order valence-electron chi connectivity index (χ3n) is 4.77. The van der Waals surface area contributed by atoms with Crippen LogP contribution in [0.15, 0.2) is 114 Å². The molecule has 4 aromatic rings. The van der Waals surface area contributed by atoms with Gasteiger partial charge in [-0.25, -0.2) is 0 Å². The average Bonchev–Trinajstić information content (AvgIpc) is 3.29. The summed E-state index contributed by atoms with van der Waals surface area (Å²) in [6.07, 6.45) is 1.96. The van der Waals surface area contributed by atoms with Crippen molar-refractivity contribution in [3.05, 3.63) is 115 Å². The fourth-order valence-corrected chi connectivity index (χ4v) is 7.57. The molecule has 4 rings (SSSR count). The molecule has 0 saturated heterocycles. The molecule has 3 heteroatoms. The van der Waals surface area contributed by atoms with Crippen LogP contribution in [0.5, 0.6) is 0 Å². The number of carbonyl (C=O) groups is 1. The summed E-state index contributed by atoms with van der Waals surface area (Å²) < 4.78 is 5.42. The summed E-state index contributed by atoms with van der Waals surface area (Å²) in [5.41, 5.74) is 0. The maximum atomic E-state index is 13.2. The molecule has 27 heavy (non-hydrogen) atoms. The van der Waals surface area contributed by atoms with Crippen LogP contribution in [0, 0.1) is 0 Å². The highest BCUT2D eigenvalue weighted by Crippen LogP contribution is 2.55. The molecule has 0 N–H and O–H groups in total. The molecule has 2 nitrogen and oxygen atoms in total. The number of Topliss-reactive ketones (excluding diaryl/α,β-unsaturated/α-hetero) is 1. The van der Waals surface area contributed by atoms with E-state index >= 15 is 0 Å². The first-order valence-corrected chi connectivity index (χ1v) is 10.9. The van der Waals surface area contributed by atoms with Gasteiger partial charge in [-0.05, 0) is 48.5 Å². The maximum absolute atomic E-state index is 13.2. The molecule has 0 aliphatic rings. The minimum Gasteiger partial charge on any atom is -0.461 e. The fourth-order valence-electron chi connectivity index (χ4n) is 3.50. The quantitative estimate of drug-likeness (QED) is 0.370. The lowest BCUT2D eigenvalue weighted by molar-refractivity contribution is 0.0991. The SMILES string of the molecule is O=C(C[P+](c1ccccc1)(c1ccccc1)c1ccccc1)c1ccco1. The standard InChI is InChI=1S/C24H20O2P/c25-23(24-17-10-18-26-24)19-27(20-11-4-1-5-12-20,21-13-6-2-7-14-21)22-15-8-3-9-16-22/h1-18H,19H2/q+1. The Kier molecular flexibility index (Phi) is 5.00. The molecule has 0 radical (unpaired) electrons. The minimum atomic E-state index is -2.16. The van der Waals surface area contributed by atoms with Crippen molar-refractivity contribution < 1.29 is 9.21 Å². The van der Waals surface area contributed by atoms with E-state index < -0.39 is 7.26 Å². The molecule has 0 fully saturated rings. The summed E-state index contributed by atoms with van der Waals surface area (Å²) in [6.45, 7) is 0. The summed E-state index contributed by atoms with van der Waals surface area (Å²) >= 11 is 0. The van der Waals surface area contributed by atoms with E-state index in [0.29, 0.717) is 11.9 Å². The van der Waals surface area contributed by atoms with E-state index in [1.165, 1.54) is 15.9 Å².